The Bertz CT molecular complexity index is 1800. The van der Waals surface area contributed by atoms with Gasteiger partial charge in [-0.05, 0) is 72.9 Å². The van der Waals surface area contributed by atoms with Crippen LogP contribution < -0.4 is 0 Å². The molecule has 0 radical (unpaired) electrons. The number of hydrogen-bond acceptors (Lipinski definition) is 8. The van der Waals surface area contributed by atoms with E-state index in [1.807, 2.05) is 42.5 Å². The number of rotatable bonds is 10. The topological polar surface area (TPSA) is 128 Å². The molecule has 0 saturated heterocycles. The van der Waals surface area contributed by atoms with Crippen LogP contribution in [0.4, 0.5) is 0 Å². The van der Waals surface area contributed by atoms with Gasteiger partial charge in [-0.2, -0.15) is 0 Å². The number of esters is 1. The molecule has 0 aliphatic heterocycles. The Labute approximate surface area is 240 Å². The van der Waals surface area contributed by atoms with Crippen LogP contribution in [0.1, 0.15) is 30.5 Å². The molecule has 41 heavy (non-hydrogen) atoms. The summed E-state index contributed by atoms with van der Waals surface area (Å²) in [6.45, 7) is 3.38. The van der Waals surface area contributed by atoms with Crippen LogP contribution in [0.25, 0.3) is 22.0 Å². The maximum atomic E-state index is 13.1. The predicted molar refractivity (Wildman–Crippen MR) is 159 cm³/mol. The number of ether oxygens (including phenoxy) is 1. The number of nitrogens with zero attached hydrogens (tertiary/aromatic N) is 1. The van der Waals surface area contributed by atoms with Gasteiger partial charge in [-0.15, -0.1) is 0 Å². The molecule has 0 aliphatic rings. The average Bonchev–Trinajstić information content (AvgIpc) is 2.92. The first-order chi connectivity index (χ1) is 19.2. The third-order valence-electron chi connectivity index (χ3n) is 7.09. The summed E-state index contributed by atoms with van der Waals surface area (Å²) in [5, 5.41) is 12.0. The highest BCUT2D eigenvalue weighted by atomic mass is 32.2. The zero-order valence-electron chi connectivity index (χ0n) is 23.4. The molecule has 1 heterocycles. The summed E-state index contributed by atoms with van der Waals surface area (Å²) in [5.41, 5.74) is 1.91. The molecule has 2 unspecified atom stereocenters. The molecule has 0 amide bonds. The predicted octanol–water partition coefficient (Wildman–Crippen LogP) is 4.27. The van der Waals surface area contributed by atoms with Gasteiger partial charge in [-0.1, -0.05) is 42.5 Å². The first-order valence-corrected chi connectivity index (χ1v) is 16.9. The van der Waals surface area contributed by atoms with Gasteiger partial charge < -0.3 is 9.84 Å². The Kier molecular flexibility index (Phi) is 8.67. The number of aliphatic hydroxyl groups is 1. The highest BCUT2D eigenvalue weighted by Gasteiger charge is 2.40. The second-order valence-electron chi connectivity index (χ2n) is 10.3. The molecule has 0 fully saturated rings. The summed E-state index contributed by atoms with van der Waals surface area (Å²) in [4.78, 5) is 17.7. The van der Waals surface area contributed by atoms with Gasteiger partial charge >= 0.3 is 5.97 Å². The minimum atomic E-state index is -3.47. The van der Waals surface area contributed by atoms with E-state index in [2.05, 4.69) is 4.98 Å². The molecule has 0 bridgehead atoms. The van der Waals surface area contributed by atoms with Crippen LogP contribution in [0.2, 0.25) is 0 Å². The van der Waals surface area contributed by atoms with Gasteiger partial charge in [0.1, 0.15) is 9.84 Å². The van der Waals surface area contributed by atoms with Crippen molar-refractivity contribution in [3.05, 3.63) is 95.7 Å². The van der Waals surface area contributed by atoms with Crippen molar-refractivity contribution in [2.45, 2.75) is 42.4 Å². The zero-order valence-corrected chi connectivity index (χ0v) is 25.0. The lowest BCUT2D eigenvalue weighted by molar-refractivity contribution is -0.166. The Morgan fingerprint density at radius 2 is 1.66 bits per heavy atom. The molecule has 8 nitrogen and oxygen atoms in total. The number of pyridine rings is 1. The van der Waals surface area contributed by atoms with E-state index in [1.165, 1.54) is 30.5 Å². The highest BCUT2D eigenvalue weighted by Crippen LogP contribution is 2.33. The van der Waals surface area contributed by atoms with Crippen LogP contribution in [-0.2, 0) is 47.6 Å². The number of aromatic nitrogens is 1. The molecule has 1 aromatic heterocycles. The molecule has 0 spiro atoms. The van der Waals surface area contributed by atoms with Crippen molar-refractivity contribution in [2.24, 2.45) is 0 Å². The number of sulfone groups is 2. The van der Waals surface area contributed by atoms with Gasteiger partial charge in [-0.25, -0.2) is 21.6 Å². The van der Waals surface area contributed by atoms with Crippen LogP contribution >= 0.6 is 0 Å². The fraction of sp³-hybridized carbons (Fsp3) is 0.290. The standard InChI is InChI=1S/C31H33NO7S2/c1-5-39-30(33)31(34,26-11-13-27(14-12-26)41(4,37)38)20-22-8-6-9-24(17-22)28-19-23(16-21(2)40(3,35)36)18-25-10-7-15-32-29(25)28/h6-15,17-19,21,34H,5,16,20H2,1-4H3. The van der Waals surface area contributed by atoms with E-state index in [4.69, 9.17) is 4.74 Å². The quantitative estimate of drug-likeness (QED) is 0.269. The Balaban J connectivity index is 1.78. The summed E-state index contributed by atoms with van der Waals surface area (Å²) in [5.74, 6) is -0.846. The number of hydrogen-bond donors (Lipinski definition) is 1. The highest BCUT2D eigenvalue weighted by molar-refractivity contribution is 7.91. The second kappa shape index (κ2) is 11.7. The summed E-state index contributed by atoms with van der Waals surface area (Å²) in [6, 6.07) is 20.5. The van der Waals surface area contributed by atoms with E-state index in [9.17, 15) is 26.7 Å². The van der Waals surface area contributed by atoms with Crippen molar-refractivity contribution >= 4 is 36.5 Å². The normalized spacial score (nSPS) is 14.4. The van der Waals surface area contributed by atoms with E-state index < -0.39 is 36.5 Å². The van der Waals surface area contributed by atoms with Crippen molar-refractivity contribution in [2.75, 3.05) is 19.1 Å². The molecule has 216 valence electrons. The van der Waals surface area contributed by atoms with Gasteiger partial charge in [-0.3, -0.25) is 4.98 Å². The lowest BCUT2D eigenvalue weighted by Crippen LogP contribution is -2.39. The molecular weight excluding hydrogens is 562 g/mol. The van der Waals surface area contributed by atoms with Crippen LogP contribution in [0.15, 0.2) is 83.9 Å². The molecule has 4 aromatic rings. The van der Waals surface area contributed by atoms with Gasteiger partial charge in [0.05, 0.1) is 22.3 Å². The van der Waals surface area contributed by atoms with E-state index in [1.54, 1.807) is 26.1 Å². The first-order valence-electron chi connectivity index (χ1n) is 13.1. The average molecular weight is 596 g/mol. The van der Waals surface area contributed by atoms with Crippen molar-refractivity contribution in [3.63, 3.8) is 0 Å². The van der Waals surface area contributed by atoms with E-state index in [0.717, 1.165) is 33.8 Å². The third-order valence-corrected chi connectivity index (χ3v) is 9.85. The van der Waals surface area contributed by atoms with Crippen LogP contribution in [0.3, 0.4) is 0 Å². The SMILES string of the molecule is CCOC(=O)C(O)(Cc1cccc(-c2cc(CC(C)S(C)(=O)=O)cc3cccnc23)c1)c1ccc(S(C)(=O)=O)cc1. The minimum absolute atomic E-state index is 0.0545. The van der Waals surface area contributed by atoms with Crippen molar-refractivity contribution in [1.29, 1.82) is 0 Å². The largest absolute Gasteiger partial charge is 0.464 e. The summed E-state index contributed by atoms with van der Waals surface area (Å²) < 4.78 is 53.3. The van der Waals surface area contributed by atoms with E-state index >= 15 is 0 Å². The molecule has 0 saturated carbocycles. The Hall–Kier alpha value is -3.60. The van der Waals surface area contributed by atoms with Crippen molar-refractivity contribution in [3.8, 4) is 11.1 Å². The maximum Gasteiger partial charge on any atom is 0.343 e. The fourth-order valence-corrected chi connectivity index (χ4v) is 5.87. The first kappa shape index (κ1) is 30.4. The number of carbonyl (C=O) groups is 1. The smallest absolute Gasteiger partial charge is 0.343 e. The molecule has 10 heteroatoms. The minimum Gasteiger partial charge on any atom is -0.464 e. The van der Waals surface area contributed by atoms with Crippen LogP contribution in [0, 0.1) is 0 Å². The molecule has 1 N–H and O–H groups in total. The van der Waals surface area contributed by atoms with Gasteiger partial charge in [0, 0.05) is 36.1 Å². The van der Waals surface area contributed by atoms with E-state index in [0.29, 0.717) is 12.0 Å². The van der Waals surface area contributed by atoms with Crippen molar-refractivity contribution in [1.82, 2.24) is 4.98 Å². The van der Waals surface area contributed by atoms with E-state index in [-0.39, 0.29) is 23.5 Å². The molecule has 4 rings (SSSR count). The Morgan fingerprint density at radius 3 is 2.29 bits per heavy atom. The summed E-state index contributed by atoms with van der Waals surface area (Å²) in [7, 11) is -6.70. The molecule has 3 aromatic carbocycles. The Morgan fingerprint density at radius 1 is 0.951 bits per heavy atom. The summed E-state index contributed by atoms with van der Waals surface area (Å²) >= 11 is 0. The molecule has 2 atom stereocenters. The number of fused-ring (bicyclic) bond motifs is 1. The number of benzene rings is 3. The monoisotopic (exact) mass is 595 g/mol. The lowest BCUT2D eigenvalue weighted by Gasteiger charge is -2.27. The van der Waals surface area contributed by atoms with Gasteiger partial charge in [0.15, 0.2) is 15.4 Å². The summed E-state index contributed by atoms with van der Waals surface area (Å²) in [6.07, 6.45) is 4.20. The zero-order chi connectivity index (χ0) is 30.0. The van der Waals surface area contributed by atoms with Gasteiger partial charge in [0.25, 0.3) is 0 Å². The third kappa shape index (κ3) is 6.83. The second-order valence-corrected chi connectivity index (χ2v) is 14.8. The van der Waals surface area contributed by atoms with Crippen molar-refractivity contribution < 1.29 is 31.5 Å². The maximum absolute atomic E-state index is 13.1. The molecular formula is C31H33NO7S2. The lowest BCUT2D eigenvalue weighted by atomic mass is 9.86. The fourth-order valence-electron chi connectivity index (χ4n) is 4.74. The van der Waals surface area contributed by atoms with Gasteiger partial charge in [0.2, 0.25) is 0 Å². The van der Waals surface area contributed by atoms with Crippen LogP contribution in [-0.4, -0.2) is 57.3 Å². The number of carbonyl (C=O) groups excluding carboxylic acids is 1. The molecule has 0 aliphatic carbocycles. The van der Waals surface area contributed by atoms with Crippen LogP contribution in [0.5, 0.6) is 0 Å².